The Hall–Kier alpha value is -3.23. The molecule has 0 aliphatic carbocycles. The summed E-state index contributed by atoms with van der Waals surface area (Å²) >= 11 is 0. The molecule has 0 aliphatic rings. The number of amides is 1. The average Bonchev–Trinajstić information content (AvgIpc) is 3.12. The standard InChI is InChI=1S/C13H12N6O3/c1-17(13(20)12-10(19(21)22)6-14-16-12)7-9-8-18-5-3-2-4-11(18)15-9/h2-6,8H,7H2,1H3,(H,14,16). The van der Waals surface area contributed by atoms with Crippen LogP contribution >= 0.6 is 0 Å². The molecule has 0 aromatic carbocycles. The van der Waals surface area contributed by atoms with Gasteiger partial charge in [-0.3, -0.25) is 20.0 Å². The van der Waals surface area contributed by atoms with Gasteiger partial charge in [-0.25, -0.2) is 4.98 Å². The van der Waals surface area contributed by atoms with Crippen LogP contribution in [-0.2, 0) is 6.54 Å². The van der Waals surface area contributed by atoms with Gasteiger partial charge in [0.15, 0.2) is 0 Å². The molecule has 0 aliphatic heterocycles. The van der Waals surface area contributed by atoms with Crippen molar-refractivity contribution in [2.24, 2.45) is 0 Å². The van der Waals surface area contributed by atoms with Crippen LogP contribution in [0.5, 0.6) is 0 Å². The molecule has 9 nitrogen and oxygen atoms in total. The van der Waals surface area contributed by atoms with Crippen LogP contribution in [0.25, 0.3) is 5.65 Å². The molecule has 9 heteroatoms. The summed E-state index contributed by atoms with van der Waals surface area (Å²) in [7, 11) is 1.55. The van der Waals surface area contributed by atoms with E-state index in [2.05, 4.69) is 15.2 Å². The average molecular weight is 300 g/mol. The summed E-state index contributed by atoms with van der Waals surface area (Å²) in [5, 5.41) is 16.8. The van der Waals surface area contributed by atoms with Gasteiger partial charge in [0.05, 0.1) is 17.2 Å². The Morgan fingerprint density at radius 1 is 1.50 bits per heavy atom. The van der Waals surface area contributed by atoms with E-state index in [0.717, 1.165) is 11.8 Å². The minimum atomic E-state index is -0.643. The summed E-state index contributed by atoms with van der Waals surface area (Å²) in [6, 6.07) is 5.60. The number of fused-ring (bicyclic) bond motifs is 1. The number of nitro groups is 1. The largest absolute Gasteiger partial charge is 0.334 e. The number of aromatic amines is 1. The number of carbonyl (C=O) groups is 1. The van der Waals surface area contributed by atoms with Crippen LogP contribution in [0.3, 0.4) is 0 Å². The monoisotopic (exact) mass is 300 g/mol. The van der Waals surface area contributed by atoms with Gasteiger partial charge < -0.3 is 9.30 Å². The molecule has 22 heavy (non-hydrogen) atoms. The van der Waals surface area contributed by atoms with Crippen molar-refractivity contribution in [3.63, 3.8) is 0 Å². The first kappa shape index (κ1) is 13.7. The van der Waals surface area contributed by atoms with Crippen LogP contribution in [-0.4, -0.2) is 42.4 Å². The molecule has 0 radical (unpaired) electrons. The third-order valence-corrected chi connectivity index (χ3v) is 3.19. The highest BCUT2D eigenvalue weighted by atomic mass is 16.6. The molecule has 0 fully saturated rings. The van der Waals surface area contributed by atoms with Crippen LogP contribution in [0.1, 0.15) is 16.2 Å². The van der Waals surface area contributed by atoms with Crippen molar-refractivity contribution in [3.05, 3.63) is 58.3 Å². The van der Waals surface area contributed by atoms with Crippen LogP contribution in [0.2, 0.25) is 0 Å². The van der Waals surface area contributed by atoms with Gasteiger partial charge in [0.25, 0.3) is 5.91 Å². The van der Waals surface area contributed by atoms with Gasteiger partial charge in [0.2, 0.25) is 5.69 Å². The van der Waals surface area contributed by atoms with E-state index in [9.17, 15) is 14.9 Å². The molecule has 3 aromatic heterocycles. The van der Waals surface area contributed by atoms with Gasteiger partial charge in [-0.05, 0) is 12.1 Å². The Balaban J connectivity index is 1.81. The number of nitrogens with one attached hydrogen (secondary N) is 1. The summed E-state index contributed by atoms with van der Waals surface area (Å²) < 4.78 is 1.84. The molecule has 0 saturated heterocycles. The van der Waals surface area contributed by atoms with Crippen molar-refractivity contribution in [1.82, 2.24) is 24.5 Å². The number of pyridine rings is 1. The summed E-state index contributed by atoms with van der Waals surface area (Å²) in [6.07, 6.45) is 4.68. The van der Waals surface area contributed by atoms with Crippen LogP contribution in [0, 0.1) is 10.1 Å². The highest BCUT2D eigenvalue weighted by Gasteiger charge is 2.25. The number of aromatic nitrogens is 4. The molecule has 0 spiro atoms. The van der Waals surface area contributed by atoms with Gasteiger partial charge in [-0.1, -0.05) is 6.07 Å². The molecular weight excluding hydrogens is 288 g/mol. The fourth-order valence-corrected chi connectivity index (χ4v) is 2.14. The fraction of sp³-hybridized carbons (Fsp3) is 0.154. The lowest BCUT2D eigenvalue weighted by atomic mass is 10.3. The lowest BCUT2D eigenvalue weighted by Crippen LogP contribution is -2.27. The molecule has 3 aromatic rings. The van der Waals surface area contributed by atoms with Crippen molar-refractivity contribution in [1.29, 1.82) is 0 Å². The summed E-state index contributed by atoms with van der Waals surface area (Å²) in [6.45, 7) is 0.233. The third kappa shape index (κ3) is 2.39. The number of carbonyl (C=O) groups excluding carboxylic acids is 1. The lowest BCUT2D eigenvalue weighted by molar-refractivity contribution is -0.385. The van der Waals surface area contributed by atoms with E-state index in [-0.39, 0.29) is 17.9 Å². The van der Waals surface area contributed by atoms with E-state index < -0.39 is 10.8 Å². The number of hydrogen-bond donors (Lipinski definition) is 1. The molecule has 112 valence electrons. The number of H-pyrrole nitrogens is 1. The van der Waals surface area contributed by atoms with Gasteiger partial charge in [0, 0.05) is 19.4 Å². The number of nitrogens with zero attached hydrogens (tertiary/aromatic N) is 5. The second-order valence-electron chi connectivity index (χ2n) is 4.75. The maximum atomic E-state index is 12.3. The van der Waals surface area contributed by atoms with E-state index in [1.165, 1.54) is 4.90 Å². The normalized spacial score (nSPS) is 10.8. The first-order valence-corrected chi connectivity index (χ1v) is 6.42. The second-order valence-corrected chi connectivity index (χ2v) is 4.75. The van der Waals surface area contributed by atoms with Crippen LogP contribution in [0.4, 0.5) is 5.69 Å². The predicted octanol–water partition coefficient (Wildman–Crippen LogP) is 1.24. The van der Waals surface area contributed by atoms with E-state index in [1.54, 1.807) is 13.2 Å². The maximum Gasteiger partial charge on any atom is 0.319 e. The highest BCUT2D eigenvalue weighted by Crippen LogP contribution is 2.17. The SMILES string of the molecule is CN(Cc1cn2ccccc2n1)C(=O)c1[nH]ncc1[N+](=O)[O-]. The maximum absolute atomic E-state index is 12.3. The molecule has 1 amide bonds. The Labute approximate surface area is 124 Å². The van der Waals surface area contributed by atoms with Crippen molar-refractivity contribution in [3.8, 4) is 0 Å². The third-order valence-electron chi connectivity index (χ3n) is 3.19. The van der Waals surface area contributed by atoms with Crippen LogP contribution in [0.15, 0.2) is 36.8 Å². The molecule has 3 heterocycles. The predicted molar refractivity (Wildman–Crippen MR) is 76.2 cm³/mol. The number of rotatable bonds is 4. The minimum Gasteiger partial charge on any atom is -0.334 e. The molecule has 0 unspecified atom stereocenters. The van der Waals surface area contributed by atoms with Gasteiger partial charge in [0.1, 0.15) is 11.8 Å². The summed E-state index contributed by atoms with van der Waals surface area (Å²) in [5.41, 5.74) is 0.971. The van der Waals surface area contributed by atoms with Gasteiger partial charge in [-0.15, -0.1) is 0 Å². The molecule has 3 rings (SSSR count). The van der Waals surface area contributed by atoms with Crippen LogP contribution < -0.4 is 0 Å². The first-order valence-electron chi connectivity index (χ1n) is 6.42. The molecule has 1 N–H and O–H groups in total. The van der Waals surface area contributed by atoms with Crippen molar-refractivity contribution in [2.45, 2.75) is 6.54 Å². The quantitative estimate of drug-likeness (QED) is 0.575. The number of hydrogen-bond acceptors (Lipinski definition) is 5. The lowest BCUT2D eigenvalue weighted by Gasteiger charge is -2.14. The van der Waals surface area contributed by atoms with Crippen molar-refractivity contribution < 1.29 is 9.72 Å². The van der Waals surface area contributed by atoms with E-state index in [0.29, 0.717) is 5.69 Å². The Morgan fingerprint density at radius 3 is 3.05 bits per heavy atom. The van der Waals surface area contributed by atoms with E-state index in [4.69, 9.17) is 0 Å². The van der Waals surface area contributed by atoms with Crippen molar-refractivity contribution >= 4 is 17.2 Å². The minimum absolute atomic E-state index is 0.142. The zero-order valence-corrected chi connectivity index (χ0v) is 11.6. The van der Waals surface area contributed by atoms with Gasteiger partial charge in [-0.2, -0.15) is 5.10 Å². The smallest absolute Gasteiger partial charge is 0.319 e. The zero-order valence-electron chi connectivity index (χ0n) is 11.6. The van der Waals surface area contributed by atoms with Gasteiger partial charge >= 0.3 is 5.69 Å². The Bertz CT molecular complexity index is 819. The fourth-order valence-electron chi connectivity index (χ4n) is 2.14. The molecule has 0 bridgehead atoms. The summed E-state index contributed by atoms with van der Waals surface area (Å²) in [5.74, 6) is -0.513. The van der Waals surface area contributed by atoms with E-state index >= 15 is 0 Å². The first-order chi connectivity index (χ1) is 10.6. The van der Waals surface area contributed by atoms with E-state index in [1.807, 2.05) is 28.8 Å². The molecular formula is C13H12N6O3. The second kappa shape index (κ2) is 5.28. The highest BCUT2D eigenvalue weighted by molar-refractivity contribution is 5.95. The molecule has 0 atom stereocenters. The van der Waals surface area contributed by atoms with Crippen molar-refractivity contribution in [2.75, 3.05) is 7.05 Å². The summed E-state index contributed by atoms with van der Waals surface area (Å²) in [4.78, 5) is 28.2. The zero-order chi connectivity index (χ0) is 15.7. The number of imidazole rings is 1. The Morgan fingerprint density at radius 2 is 2.32 bits per heavy atom. The Kier molecular flexibility index (Phi) is 3.30. The molecule has 0 saturated carbocycles. The topological polar surface area (TPSA) is 109 Å².